The normalized spacial score (nSPS) is 12.1. The van der Waals surface area contributed by atoms with Crippen molar-refractivity contribution in [2.45, 2.75) is 19.3 Å². The summed E-state index contributed by atoms with van der Waals surface area (Å²) >= 11 is 0. The molecule has 0 spiro atoms. The average molecular weight is 354 g/mol. The fourth-order valence-electron chi connectivity index (χ4n) is 3.25. The summed E-state index contributed by atoms with van der Waals surface area (Å²) in [7, 11) is 1.50. The van der Waals surface area contributed by atoms with Gasteiger partial charge in [-0.3, -0.25) is 4.79 Å². The van der Waals surface area contributed by atoms with E-state index in [0.29, 0.717) is 28.6 Å². The number of halogens is 1. The Morgan fingerprint density at radius 1 is 1.23 bits per heavy atom. The zero-order valence-electron chi connectivity index (χ0n) is 14.5. The second kappa shape index (κ2) is 6.95. The lowest BCUT2D eigenvalue weighted by atomic mass is 9.86. The van der Waals surface area contributed by atoms with Crippen LogP contribution in [-0.4, -0.2) is 23.2 Å². The number of rotatable bonds is 5. The Balaban J connectivity index is 2.27. The van der Waals surface area contributed by atoms with E-state index in [1.165, 1.54) is 13.2 Å². The number of amides is 1. The number of methoxy groups -OCH3 is 1. The van der Waals surface area contributed by atoms with Gasteiger partial charge in [0, 0.05) is 16.9 Å². The third-order valence-corrected chi connectivity index (χ3v) is 4.46. The number of hydrogen-bond acceptors (Lipinski definition) is 5. The van der Waals surface area contributed by atoms with Crippen LogP contribution in [0.15, 0.2) is 36.4 Å². The Bertz CT molecular complexity index is 991. The predicted octanol–water partition coefficient (Wildman–Crippen LogP) is 3.00. The van der Waals surface area contributed by atoms with E-state index in [1.54, 1.807) is 24.3 Å². The number of fused-ring (bicyclic) bond motifs is 1. The third-order valence-electron chi connectivity index (χ3n) is 4.46. The molecule has 0 aliphatic carbocycles. The fourth-order valence-corrected chi connectivity index (χ4v) is 3.25. The molecule has 0 aliphatic rings. The SMILES string of the molecule is CCC(c1c(F)cccc1OC)c1cccc2c(N)c(C(N)=O)nnc12. The molecule has 1 unspecified atom stereocenters. The highest BCUT2D eigenvalue weighted by Gasteiger charge is 2.24. The van der Waals surface area contributed by atoms with E-state index in [9.17, 15) is 9.18 Å². The van der Waals surface area contributed by atoms with Crippen LogP contribution < -0.4 is 16.2 Å². The number of primary amides is 1. The number of nitrogen functional groups attached to an aromatic ring is 1. The van der Waals surface area contributed by atoms with E-state index in [4.69, 9.17) is 16.2 Å². The third kappa shape index (κ3) is 2.81. The summed E-state index contributed by atoms with van der Waals surface area (Å²) in [5.41, 5.74) is 13.1. The maximum Gasteiger partial charge on any atom is 0.271 e. The molecule has 26 heavy (non-hydrogen) atoms. The Morgan fingerprint density at radius 2 is 1.96 bits per heavy atom. The number of carbonyl (C=O) groups is 1. The quantitative estimate of drug-likeness (QED) is 0.733. The minimum Gasteiger partial charge on any atom is -0.496 e. The van der Waals surface area contributed by atoms with E-state index in [-0.39, 0.29) is 23.1 Å². The number of carbonyl (C=O) groups excluding carboxylic acids is 1. The van der Waals surface area contributed by atoms with E-state index >= 15 is 0 Å². The van der Waals surface area contributed by atoms with Gasteiger partial charge in [-0.05, 0) is 24.1 Å². The standard InChI is InChI=1S/C19H19FN4O2/c1-3-10(15-13(20)8-5-9-14(15)26-2)11-6-4-7-12-16(21)18(19(22)25)24-23-17(11)12/h4-10H,3H2,1-2H3,(H2,21,23)(H2,22,25). The van der Waals surface area contributed by atoms with Gasteiger partial charge >= 0.3 is 0 Å². The molecular weight excluding hydrogens is 335 g/mol. The van der Waals surface area contributed by atoms with Crippen molar-refractivity contribution < 1.29 is 13.9 Å². The van der Waals surface area contributed by atoms with Gasteiger partial charge in [0.1, 0.15) is 11.6 Å². The minimum atomic E-state index is -0.745. The van der Waals surface area contributed by atoms with Crippen LogP contribution in [0.1, 0.15) is 40.9 Å². The Morgan fingerprint density at radius 3 is 2.62 bits per heavy atom. The molecule has 0 aliphatic heterocycles. The molecule has 3 aromatic rings. The summed E-state index contributed by atoms with van der Waals surface area (Å²) in [4.78, 5) is 11.5. The van der Waals surface area contributed by atoms with E-state index in [1.807, 2.05) is 13.0 Å². The van der Waals surface area contributed by atoms with Crippen LogP contribution in [0.4, 0.5) is 10.1 Å². The van der Waals surface area contributed by atoms with Crippen molar-refractivity contribution in [1.29, 1.82) is 0 Å². The number of ether oxygens (including phenoxy) is 1. The maximum absolute atomic E-state index is 14.6. The first-order chi connectivity index (χ1) is 12.5. The van der Waals surface area contributed by atoms with Crippen LogP contribution >= 0.6 is 0 Å². The molecule has 4 N–H and O–H groups in total. The number of hydrogen-bond donors (Lipinski definition) is 2. The van der Waals surface area contributed by atoms with Crippen LogP contribution in [-0.2, 0) is 0 Å². The topological polar surface area (TPSA) is 104 Å². The molecule has 6 nitrogen and oxygen atoms in total. The smallest absolute Gasteiger partial charge is 0.271 e. The number of nitrogens with two attached hydrogens (primary N) is 2. The molecule has 1 atom stereocenters. The van der Waals surface area contributed by atoms with Crippen molar-refractivity contribution in [2.75, 3.05) is 12.8 Å². The van der Waals surface area contributed by atoms with E-state index in [0.717, 1.165) is 5.56 Å². The number of aromatic nitrogens is 2. The van der Waals surface area contributed by atoms with Crippen molar-refractivity contribution in [3.8, 4) is 5.75 Å². The molecule has 7 heteroatoms. The van der Waals surface area contributed by atoms with Gasteiger partial charge in [0.15, 0.2) is 5.69 Å². The predicted molar refractivity (Wildman–Crippen MR) is 97.6 cm³/mol. The summed E-state index contributed by atoms with van der Waals surface area (Å²) in [6, 6.07) is 10.1. The summed E-state index contributed by atoms with van der Waals surface area (Å²) < 4.78 is 20.0. The van der Waals surface area contributed by atoms with Crippen molar-refractivity contribution >= 4 is 22.5 Å². The molecule has 0 fully saturated rings. The molecular formula is C19H19FN4O2. The highest BCUT2D eigenvalue weighted by atomic mass is 19.1. The van der Waals surface area contributed by atoms with Gasteiger partial charge in [0.05, 0.1) is 18.3 Å². The summed E-state index contributed by atoms with van der Waals surface area (Å²) in [5.74, 6) is -0.959. The Hall–Kier alpha value is -3.22. The molecule has 1 heterocycles. The van der Waals surface area contributed by atoms with E-state index in [2.05, 4.69) is 10.2 Å². The average Bonchev–Trinajstić information content (AvgIpc) is 2.63. The molecule has 2 aromatic carbocycles. The van der Waals surface area contributed by atoms with Crippen molar-refractivity contribution in [3.05, 3.63) is 59.0 Å². The van der Waals surface area contributed by atoms with Gasteiger partial charge in [-0.15, -0.1) is 10.2 Å². The van der Waals surface area contributed by atoms with Gasteiger partial charge in [-0.25, -0.2) is 4.39 Å². The molecule has 3 rings (SSSR count). The zero-order chi connectivity index (χ0) is 18.8. The number of anilines is 1. The first-order valence-electron chi connectivity index (χ1n) is 8.16. The largest absolute Gasteiger partial charge is 0.496 e. The fraction of sp³-hybridized carbons (Fsp3) is 0.211. The molecule has 1 amide bonds. The van der Waals surface area contributed by atoms with Gasteiger partial charge in [-0.2, -0.15) is 0 Å². The maximum atomic E-state index is 14.6. The lowest BCUT2D eigenvalue weighted by Gasteiger charge is -2.21. The highest BCUT2D eigenvalue weighted by molar-refractivity contribution is 6.04. The van der Waals surface area contributed by atoms with Gasteiger partial charge < -0.3 is 16.2 Å². The second-order valence-corrected chi connectivity index (χ2v) is 5.89. The minimum absolute atomic E-state index is 0.0776. The van der Waals surface area contributed by atoms with Crippen LogP contribution in [0.2, 0.25) is 0 Å². The van der Waals surface area contributed by atoms with Crippen LogP contribution in [0.3, 0.4) is 0 Å². The molecule has 0 radical (unpaired) electrons. The molecule has 0 saturated heterocycles. The molecule has 0 saturated carbocycles. The Labute approximate surface area is 150 Å². The van der Waals surface area contributed by atoms with Crippen molar-refractivity contribution in [3.63, 3.8) is 0 Å². The van der Waals surface area contributed by atoms with Crippen molar-refractivity contribution in [1.82, 2.24) is 10.2 Å². The van der Waals surface area contributed by atoms with Gasteiger partial charge in [-0.1, -0.05) is 31.2 Å². The highest BCUT2D eigenvalue weighted by Crippen LogP contribution is 2.39. The van der Waals surface area contributed by atoms with E-state index < -0.39 is 5.91 Å². The first kappa shape index (κ1) is 17.6. The number of nitrogens with zero attached hydrogens (tertiary/aromatic N) is 2. The molecule has 134 valence electrons. The van der Waals surface area contributed by atoms with Crippen LogP contribution in [0, 0.1) is 5.82 Å². The zero-order valence-corrected chi connectivity index (χ0v) is 14.5. The van der Waals surface area contributed by atoms with Gasteiger partial charge in [0.2, 0.25) is 0 Å². The summed E-state index contributed by atoms with van der Waals surface area (Å²) in [6.45, 7) is 1.95. The lowest BCUT2D eigenvalue weighted by Crippen LogP contribution is -2.17. The molecule has 1 aromatic heterocycles. The van der Waals surface area contributed by atoms with Gasteiger partial charge in [0.25, 0.3) is 5.91 Å². The van der Waals surface area contributed by atoms with Crippen LogP contribution in [0.5, 0.6) is 5.75 Å². The van der Waals surface area contributed by atoms with Crippen molar-refractivity contribution in [2.24, 2.45) is 5.73 Å². The van der Waals surface area contributed by atoms with Crippen LogP contribution in [0.25, 0.3) is 10.9 Å². The summed E-state index contributed by atoms with van der Waals surface area (Å²) in [6.07, 6.45) is 0.607. The first-order valence-corrected chi connectivity index (χ1v) is 8.16. The monoisotopic (exact) mass is 354 g/mol. The summed E-state index contributed by atoms with van der Waals surface area (Å²) in [5, 5.41) is 8.57. The lowest BCUT2D eigenvalue weighted by molar-refractivity contribution is 0.0996. The Kier molecular flexibility index (Phi) is 4.71. The second-order valence-electron chi connectivity index (χ2n) is 5.89. The molecule has 0 bridgehead atoms. The number of benzene rings is 2.